The highest BCUT2D eigenvalue weighted by atomic mass is 19.1. The number of nitrogens with one attached hydrogen (secondary N) is 1. The number of hydrogen-bond donors (Lipinski definition) is 1. The summed E-state index contributed by atoms with van der Waals surface area (Å²) in [7, 11) is 3.09. The summed E-state index contributed by atoms with van der Waals surface area (Å²) >= 11 is 0. The molecule has 1 atom stereocenters. The van der Waals surface area contributed by atoms with Crippen molar-refractivity contribution in [3.8, 4) is 11.5 Å². The fourth-order valence-electron chi connectivity index (χ4n) is 3.31. The van der Waals surface area contributed by atoms with Crippen LogP contribution in [0.15, 0.2) is 72.8 Å². The van der Waals surface area contributed by atoms with Crippen molar-refractivity contribution in [1.82, 2.24) is 4.90 Å². The fraction of sp³-hybridized carbons (Fsp3) is 0.222. The van der Waals surface area contributed by atoms with Gasteiger partial charge in [0.15, 0.2) is 12.7 Å². The van der Waals surface area contributed by atoms with Gasteiger partial charge in [0.2, 0.25) is 0 Å². The summed E-state index contributed by atoms with van der Waals surface area (Å²) in [5.74, 6) is -0.858. The molecule has 1 unspecified atom stereocenters. The van der Waals surface area contributed by atoms with E-state index in [4.69, 9.17) is 14.2 Å². The molecule has 0 bridgehead atoms. The molecule has 3 aromatic carbocycles. The number of carbonyl (C=O) groups is 3. The van der Waals surface area contributed by atoms with E-state index in [9.17, 15) is 18.8 Å². The minimum Gasteiger partial charge on any atom is -0.497 e. The van der Waals surface area contributed by atoms with Crippen LogP contribution in [0.5, 0.6) is 11.5 Å². The van der Waals surface area contributed by atoms with Crippen LogP contribution in [-0.2, 0) is 20.9 Å². The van der Waals surface area contributed by atoms with E-state index in [1.165, 1.54) is 55.3 Å². The van der Waals surface area contributed by atoms with Crippen LogP contribution in [0, 0.1) is 5.82 Å². The lowest BCUT2D eigenvalue weighted by Gasteiger charge is -2.21. The Labute approximate surface area is 208 Å². The van der Waals surface area contributed by atoms with Crippen molar-refractivity contribution < 1.29 is 33.0 Å². The first-order chi connectivity index (χ1) is 17.2. The molecule has 0 heterocycles. The maximum Gasteiger partial charge on any atom is 0.338 e. The second kappa shape index (κ2) is 12.3. The number of methoxy groups -OCH3 is 1. The molecule has 3 aromatic rings. The number of halogens is 1. The van der Waals surface area contributed by atoms with Crippen molar-refractivity contribution in [3.05, 3.63) is 89.7 Å². The highest BCUT2D eigenvalue weighted by Crippen LogP contribution is 2.17. The van der Waals surface area contributed by atoms with E-state index in [1.54, 1.807) is 43.4 Å². The molecule has 2 amide bonds. The molecule has 3 rings (SSSR count). The van der Waals surface area contributed by atoms with Crippen LogP contribution in [-0.4, -0.2) is 49.6 Å². The van der Waals surface area contributed by atoms with Gasteiger partial charge in [0, 0.05) is 25.3 Å². The van der Waals surface area contributed by atoms with E-state index in [2.05, 4.69) is 5.32 Å². The van der Waals surface area contributed by atoms with Gasteiger partial charge in [-0.15, -0.1) is 0 Å². The number of carbonyl (C=O) groups excluding carboxylic acids is 3. The van der Waals surface area contributed by atoms with Gasteiger partial charge in [-0.1, -0.05) is 18.2 Å². The number of amides is 2. The van der Waals surface area contributed by atoms with Crippen molar-refractivity contribution in [2.75, 3.05) is 26.1 Å². The Kier molecular flexibility index (Phi) is 8.99. The second-order valence-electron chi connectivity index (χ2n) is 7.96. The topological polar surface area (TPSA) is 94.2 Å². The molecule has 0 aliphatic rings. The number of anilines is 1. The van der Waals surface area contributed by atoms with E-state index in [0.29, 0.717) is 22.7 Å². The molecule has 9 heteroatoms. The Morgan fingerprint density at radius 3 is 2.39 bits per heavy atom. The van der Waals surface area contributed by atoms with Crippen LogP contribution in [0.3, 0.4) is 0 Å². The number of nitrogens with zero attached hydrogens (tertiary/aromatic N) is 1. The molecule has 0 fully saturated rings. The molecule has 8 nitrogen and oxygen atoms in total. The summed E-state index contributed by atoms with van der Waals surface area (Å²) in [5, 5.41) is 2.70. The first-order valence-electron chi connectivity index (χ1n) is 11.1. The molecule has 0 saturated heterocycles. The highest BCUT2D eigenvalue weighted by molar-refractivity contribution is 5.93. The van der Waals surface area contributed by atoms with E-state index >= 15 is 0 Å². The van der Waals surface area contributed by atoms with Gasteiger partial charge in [-0.25, -0.2) is 9.18 Å². The van der Waals surface area contributed by atoms with Gasteiger partial charge in [-0.3, -0.25) is 9.59 Å². The lowest BCUT2D eigenvalue weighted by atomic mass is 10.2. The predicted octanol–water partition coefficient (Wildman–Crippen LogP) is 4.06. The third-order valence-electron chi connectivity index (χ3n) is 5.13. The number of esters is 1. The highest BCUT2D eigenvalue weighted by Gasteiger charge is 2.22. The monoisotopic (exact) mass is 494 g/mol. The van der Waals surface area contributed by atoms with E-state index in [1.807, 2.05) is 0 Å². The Morgan fingerprint density at radius 1 is 0.972 bits per heavy atom. The van der Waals surface area contributed by atoms with Crippen LogP contribution in [0.25, 0.3) is 0 Å². The van der Waals surface area contributed by atoms with Crippen molar-refractivity contribution in [3.63, 3.8) is 0 Å². The normalized spacial score (nSPS) is 11.2. The average Bonchev–Trinajstić information content (AvgIpc) is 2.87. The van der Waals surface area contributed by atoms with Gasteiger partial charge < -0.3 is 24.4 Å². The Balaban J connectivity index is 1.47. The number of likely N-dealkylation sites (N-methyl/N-ethyl adjacent to an activating group) is 1. The molecule has 188 valence electrons. The zero-order chi connectivity index (χ0) is 26.1. The quantitative estimate of drug-likeness (QED) is 0.428. The van der Waals surface area contributed by atoms with Crippen LogP contribution in [0.1, 0.15) is 22.8 Å². The van der Waals surface area contributed by atoms with Crippen LogP contribution < -0.4 is 14.8 Å². The molecule has 0 radical (unpaired) electrons. The molecular weight excluding hydrogens is 467 g/mol. The maximum atomic E-state index is 13.4. The molecular formula is C27H27FN2O6. The standard InChI is InChI=1S/C27H27FN2O6/c1-18(26(32)30(2)16-19-6-4-7-21(28)14-19)36-27(33)20-10-12-23(13-11-20)35-17-25(31)29-22-8-5-9-24(15-22)34-3/h4-15,18H,16-17H2,1-3H3,(H,29,31). The molecule has 0 aliphatic carbocycles. The number of ether oxygens (including phenoxy) is 3. The maximum absolute atomic E-state index is 13.4. The Hall–Kier alpha value is -4.40. The molecule has 0 spiro atoms. The number of benzene rings is 3. The SMILES string of the molecule is COc1cccc(NC(=O)COc2ccc(C(=O)OC(C)C(=O)N(C)Cc3cccc(F)c3)cc2)c1. The molecule has 36 heavy (non-hydrogen) atoms. The van der Waals surface area contributed by atoms with Crippen LogP contribution in [0.4, 0.5) is 10.1 Å². The fourth-order valence-corrected chi connectivity index (χ4v) is 3.31. The van der Waals surface area contributed by atoms with Crippen molar-refractivity contribution >= 4 is 23.5 Å². The van der Waals surface area contributed by atoms with Crippen molar-refractivity contribution in [1.29, 1.82) is 0 Å². The second-order valence-corrected chi connectivity index (χ2v) is 7.96. The first kappa shape index (κ1) is 26.2. The molecule has 0 saturated carbocycles. The predicted molar refractivity (Wildman–Crippen MR) is 131 cm³/mol. The van der Waals surface area contributed by atoms with Gasteiger partial charge in [-0.2, -0.15) is 0 Å². The van der Waals surface area contributed by atoms with Crippen LogP contribution >= 0.6 is 0 Å². The van der Waals surface area contributed by atoms with Gasteiger partial charge in [0.05, 0.1) is 12.7 Å². The summed E-state index contributed by atoms with van der Waals surface area (Å²) < 4.78 is 29.2. The molecule has 1 N–H and O–H groups in total. The lowest BCUT2D eigenvalue weighted by molar-refractivity contribution is -0.139. The Morgan fingerprint density at radius 2 is 1.69 bits per heavy atom. The number of rotatable bonds is 10. The molecule has 0 aliphatic heterocycles. The number of hydrogen-bond acceptors (Lipinski definition) is 6. The lowest BCUT2D eigenvalue weighted by Crippen LogP contribution is -2.37. The third kappa shape index (κ3) is 7.56. The zero-order valence-corrected chi connectivity index (χ0v) is 20.2. The summed E-state index contributed by atoms with van der Waals surface area (Å²) in [6.07, 6.45) is -1.03. The van der Waals surface area contributed by atoms with Crippen LogP contribution in [0.2, 0.25) is 0 Å². The first-order valence-corrected chi connectivity index (χ1v) is 11.1. The van der Waals surface area contributed by atoms with Gasteiger partial charge in [-0.05, 0) is 61.0 Å². The van der Waals surface area contributed by atoms with E-state index < -0.39 is 23.8 Å². The largest absolute Gasteiger partial charge is 0.497 e. The van der Waals surface area contributed by atoms with E-state index in [-0.39, 0.29) is 24.6 Å². The zero-order valence-electron chi connectivity index (χ0n) is 20.2. The summed E-state index contributed by atoms with van der Waals surface area (Å²) in [6.45, 7) is 1.42. The Bertz CT molecular complexity index is 1210. The minimum absolute atomic E-state index is 0.177. The van der Waals surface area contributed by atoms with E-state index in [0.717, 1.165) is 0 Å². The van der Waals surface area contributed by atoms with Gasteiger partial charge in [0.25, 0.3) is 11.8 Å². The third-order valence-corrected chi connectivity index (χ3v) is 5.13. The van der Waals surface area contributed by atoms with Crippen molar-refractivity contribution in [2.45, 2.75) is 19.6 Å². The smallest absolute Gasteiger partial charge is 0.338 e. The summed E-state index contributed by atoms with van der Waals surface area (Å²) in [5.41, 5.74) is 1.42. The van der Waals surface area contributed by atoms with Gasteiger partial charge in [0.1, 0.15) is 17.3 Å². The minimum atomic E-state index is -1.03. The summed E-state index contributed by atoms with van der Waals surface area (Å²) in [4.78, 5) is 38.5. The van der Waals surface area contributed by atoms with Gasteiger partial charge >= 0.3 is 5.97 Å². The summed E-state index contributed by atoms with van der Waals surface area (Å²) in [6, 6.07) is 18.9. The molecule has 0 aromatic heterocycles. The van der Waals surface area contributed by atoms with Crippen molar-refractivity contribution in [2.24, 2.45) is 0 Å². The average molecular weight is 495 g/mol.